The molecule has 1 aromatic heterocycles. The van der Waals surface area contributed by atoms with Crippen LogP contribution in [0.25, 0.3) is 0 Å². The van der Waals surface area contributed by atoms with Gasteiger partial charge in [0.25, 0.3) is 0 Å². The van der Waals surface area contributed by atoms with Crippen LogP contribution >= 0.6 is 11.3 Å². The fourth-order valence-corrected chi connectivity index (χ4v) is 2.31. The van der Waals surface area contributed by atoms with E-state index in [2.05, 4.69) is 35.1 Å². The first-order chi connectivity index (χ1) is 8.31. The van der Waals surface area contributed by atoms with Gasteiger partial charge >= 0.3 is 0 Å². The second-order valence-corrected chi connectivity index (χ2v) is 4.75. The standard InChI is InChI=1S/C14H17NOS/c1-11(15-2)13-5-3-4-6-14(13)16-9-12-7-8-17-10-12/h3-8,10-11,15H,9H2,1-2H3. The first kappa shape index (κ1) is 12.1. The zero-order chi connectivity index (χ0) is 12.1. The van der Waals surface area contributed by atoms with Gasteiger partial charge in [0.1, 0.15) is 12.4 Å². The highest BCUT2D eigenvalue weighted by Gasteiger charge is 2.09. The monoisotopic (exact) mass is 247 g/mol. The van der Waals surface area contributed by atoms with E-state index in [0.29, 0.717) is 12.6 Å². The van der Waals surface area contributed by atoms with E-state index in [9.17, 15) is 0 Å². The Hall–Kier alpha value is -1.32. The highest BCUT2D eigenvalue weighted by Crippen LogP contribution is 2.25. The van der Waals surface area contributed by atoms with Crippen molar-refractivity contribution in [2.45, 2.75) is 19.6 Å². The van der Waals surface area contributed by atoms with Crippen LogP contribution in [0.15, 0.2) is 41.1 Å². The molecule has 0 spiro atoms. The van der Waals surface area contributed by atoms with E-state index in [1.54, 1.807) is 11.3 Å². The molecule has 1 aromatic carbocycles. The van der Waals surface area contributed by atoms with Crippen molar-refractivity contribution >= 4 is 11.3 Å². The smallest absolute Gasteiger partial charge is 0.124 e. The highest BCUT2D eigenvalue weighted by atomic mass is 32.1. The van der Waals surface area contributed by atoms with Crippen molar-refractivity contribution in [2.24, 2.45) is 0 Å². The number of hydrogen-bond acceptors (Lipinski definition) is 3. The van der Waals surface area contributed by atoms with Gasteiger partial charge in [-0.3, -0.25) is 0 Å². The lowest BCUT2D eigenvalue weighted by molar-refractivity contribution is 0.301. The summed E-state index contributed by atoms with van der Waals surface area (Å²) in [6.45, 7) is 2.77. The third-order valence-corrected chi connectivity index (χ3v) is 3.53. The fourth-order valence-electron chi connectivity index (χ4n) is 1.66. The molecule has 0 amide bonds. The third kappa shape index (κ3) is 3.08. The molecule has 90 valence electrons. The van der Waals surface area contributed by atoms with Gasteiger partial charge in [0.05, 0.1) is 0 Å². The number of ether oxygens (including phenoxy) is 1. The van der Waals surface area contributed by atoms with Crippen molar-refractivity contribution in [1.29, 1.82) is 0 Å². The molecule has 1 heterocycles. The lowest BCUT2D eigenvalue weighted by Crippen LogP contribution is -2.13. The molecule has 0 bridgehead atoms. The van der Waals surface area contributed by atoms with Crippen LogP contribution in [0.4, 0.5) is 0 Å². The second-order valence-electron chi connectivity index (χ2n) is 3.97. The quantitative estimate of drug-likeness (QED) is 0.871. The molecule has 2 rings (SSSR count). The van der Waals surface area contributed by atoms with Gasteiger partial charge in [-0.1, -0.05) is 18.2 Å². The first-order valence-electron chi connectivity index (χ1n) is 5.71. The Morgan fingerprint density at radius 3 is 2.82 bits per heavy atom. The summed E-state index contributed by atoms with van der Waals surface area (Å²) in [5.74, 6) is 0.959. The van der Waals surface area contributed by atoms with Gasteiger partial charge < -0.3 is 10.1 Å². The fraction of sp³-hybridized carbons (Fsp3) is 0.286. The molecular weight excluding hydrogens is 230 g/mol. The number of rotatable bonds is 5. The maximum atomic E-state index is 5.87. The molecule has 0 saturated carbocycles. The van der Waals surface area contributed by atoms with E-state index < -0.39 is 0 Å². The largest absolute Gasteiger partial charge is 0.489 e. The lowest BCUT2D eigenvalue weighted by atomic mass is 10.1. The van der Waals surface area contributed by atoms with Crippen LogP contribution in [0.5, 0.6) is 5.75 Å². The average Bonchev–Trinajstić information content (AvgIpc) is 2.89. The SMILES string of the molecule is CNC(C)c1ccccc1OCc1ccsc1. The van der Waals surface area contributed by atoms with Crippen LogP contribution < -0.4 is 10.1 Å². The molecule has 0 radical (unpaired) electrons. The van der Waals surface area contributed by atoms with E-state index in [1.807, 2.05) is 25.2 Å². The molecule has 1 N–H and O–H groups in total. The first-order valence-corrected chi connectivity index (χ1v) is 6.65. The molecule has 17 heavy (non-hydrogen) atoms. The topological polar surface area (TPSA) is 21.3 Å². The summed E-state index contributed by atoms with van der Waals surface area (Å²) in [6, 6.07) is 10.6. The summed E-state index contributed by atoms with van der Waals surface area (Å²) in [4.78, 5) is 0. The Balaban J connectivity index is 2.09. The van der Waals surface area contributed by atoms with Gasteiger partial charge in [0.2, 0.25) is 0 Å². The van der Waals surface area contributed by atoms with E-state index in [0.717, 1.165) is 5.75 Å². The van der Waals surface area contributed by atoms with Crippen LogP contribution in [0.1, 0.15) is 24.1 Å². The number of thiophene rings is 1. The number of nitrogens with one attached hydrogen (secondary N) is 1. The van der Waals surface area contributed by atoms with Crippen molar-refractivity contribution in [3.05, 3.63) is 52.2 Å². The van der Waals surface area contributed by atoms with Gasteiger partial charge in [-0.2, -0.15) is 11.3 Å². The Morgan fingerprint density at radius 2 is 2.12 bits per heavy atom. The van der Waals surface area contributed by atoms with Crippen molar-refractivity contribution < 1.29 is 4.74 Å². The maximum Gasteiger partial charge on any atom is 0.124 e. The minimum absolute atomic E-state index is 0.300. The highest BCUT2D eigenvalue weighted by molar-refractivity contribution is 7.07. The predicted molar refractivity (Wildman–Crippen MR) is 72.6 cm³/mol. The Kier molecular flexibility index (Phi) is 4.18. The van der Waals surface area contributed by atoms with Crippen molar-refractivity contribution in [3.8, 4) is 5.75 Å². The zero-order valence-electron chi connectivity index (χ0n) is 10.1. The predicted octanol–water partition coefficient (Wildman–Crippen LogP) is 3.61. The second kappa shape index (κ2) is 5.84. The maximum absolute atomic E-state index is 5.87. The molecule has 2 aromatic rings. The number of hydrogen-bond donors (Lipinski definition) is 1. The average molecular weight is 247 g/mol. The number of benzene rings is 1. The van der Waals surface area contributed by atoms with E-state index in [-0.39, 0.29) is 0 Å². The van der Waals surface area contributed by atoms with Crippen molar-refractivity contribution in [2.75, 3.05) is 7.05 Å². The van der Waals surface area contributed by atoms with Crippen LogP contribution in [-0.4, -0.2) is 7.05 Å². The lowest BCUT2D eigenvalue weighted by Gasteiger charge is -2.16. The Bertz CT molecular complexity index is 453. The molecule has 1 unspecified atom stereocenters. The molecule has 0 fully saturated rings. The van der Waals surface area contributed by atoms with E-state index in [1.165, 1.54) is 11.1 Å². The van der Waals surface area contributed by atoms with E-state index in [4.69, 9.17) is 4.74 Å². The van der Waals surface area contributed by atoms with Gasteiger partial charge in [0.15, 0.2) is 0 Å². The normalized spacial score (nSPS) is 12.4. The minimum atomic E-state index is 0.300. The van der Waals surface area contributed by atoms with Crippen molar-refractivity contribution in [1.82, 2.24) is 5.32 Å². The van der Waals surface area contributed by atoms with Crippen LogP contribution in [0, 0.1) is 0 Å². The summed E-state index contributed by atoms with van der Waals surface area (Å²) in [7, 11) is 1.96. The van der Waals surface area contributed by atoms with Gasteiger partial charge in [-0.25, -0.2) is 0 Å². The molecule has 0 saturated heterocycles. The molecule has 3 heteroatoms. The summed E-state index contributed by atoms with van der Waals surface area (Å²) in [6.07, 6.45) is 0. The molecule has 1 atom stereocenters. The summed E-state index contributed by atoms with van der Waals surface area (Å²) >= 11 is 1.70. The molecule has 0 aliphatic rings. The molecule has 0 aliphatic carbocycles. The van der Waals surface area contributed by atoms with Gasteiger partial charge in [0, 0.05) is 11.6 Å². The summed E-state index contributed by atoms with van der Waals surface area (Å²) < 4.78 is 5.87. The third-order valence-electron chi connectivity index (χ3n) is 2.79. The van der Waals surface area contributed by atoms with Crippen LogP contribution in [-0.2, 0) is 6.61 Å². The van der Waals surface area contributed by atoms with Crippen molar-refractivity contribution in [3.63, 3.8) is 0 Å². The molecule has 2 nitrogen and oxygen atoms in total. The van der Waals surface area contributed by atoms with E-state index >= 15 is 0 Å². The molecular formula is C14H17NOS. The van der Waals surface area contributed by atoms with Crippen LogP contribution in [0.3, 0.4) is 0 Å². The summed E-state index contributed by atoms with van der Waals surface area (Å²) in [5.41, 5.74) is 2.42. The number of para-hydroxylation sites is 1. The van der Waals surface area contributed by atoms with Crippen LogP contribution in [0.2, 0.25) is 0 Å². The Labute approximate surface area is 106 Å². The van der Waals surface area contributed by atoms with Gasteiger partial charge in [-0.15, -0.1) is 0 Å². The zero-order valence-corrected chi connectivity index (χ0v) is 11.0. The summed E-state index contributed by atoms with van der Waals surface area (Å²) in [5, 5.41) is 7.42. The minimum Gasteiger partial charge on any atom is -0.489 e. The molecule has 0 aliphatic heterocycles. The Morgan fingerprint density at radius 1 is 1.29 bits per heavy atom. The van der Waals surface area contributed by atoms with Gasteiger partial charge in [-0.05, 0) is 42.4 Å².